The maximum atomic E-state index is 13.0. The summed E-state index contributed by atoms with van der Waals surface area (Å²) in [4.78, 5) is 0. The summed E-state index contributed by atoms with van der Waals surface area (Å²) in [5, 5.41) is -0.110. The lowest BCUT2D eigenvalue weighted by Gasteiger charge is -2.47. The summed E-state index contributed by atoms with van der Waals surface area (Å²) < 4.78 is 74.0. The Morgan fingerprint density at radius 1 is 1.13 bits per heavy atom. The van der Waals surface area contributed by atoms with Crippen LogP contribution in [0.4, 0.5) is 13.2 Å². The fourth-order valence-electron chi connectivity index (χ4n) is 3.31. The van der Waals surface area contributed by atoms with E-state index in [0.29, 0.717) is 19.3 Å². The molecule has 0 heterocycles. The monoisotopic (exact) mass is 464 g/mol. The van der Waals surface area contributed by atoms with Gasteiger partial charge in [0.15, 0.2) is 8.32 Å². The van der Waals surface area contributed by atoms with Crippen molar-refractivity contribution in [3.63, 3.8) is 0 Å². The van der Waals surface area contributed by atoms with Crippen LogP contribution in [0.15, 0.2) is 42.2 Å². The highest BCUT2D eigenvalue weighted by Crippen LogP contribution is 2.48. The van der Waals surface area contributed by atoms with E-state index >= 15 is 0 Å². The molecule has 0 aromatic heterocycles. The van der Waals surface area contributed by atoms with Crippen molar-refractivity contribution in [3.8, 4) is 0 Å². The molecule has 2 rings (SSSR count). The third kappa shape index (κ3) is 5.29. The molecule has 0 saturated carbocycles. The smallest absolute Gasteiger partial charge is 0.413 e. The highest BCUT2D eigenvalue weighted by molar-refractivity contribution is 7.87. The zero-order valence-corrected chi connectivity index (χ0v) is 20.2. The maximum Gasteiger partial charge on any atom is 0.534 e. The van der Waals surface area contributed by atoms with E-state index in [1.807, 2.05) is 30.3 Å². The zero-order valence-electron chi connectivity index (χ0n) is 18.3. The number of alkyl halides is 3. The van der Waals surface area contributed by atoms with Crippen molar-refractivity contribution in [2.24, 2.45) is 5.41 Å². The molecular formula is C21H31F3O4SSi. The first-order chi connectivity index (χ1) is 13.5. The van der Waals surface area contributed by atoms with Gasteiger partial charge in [0.1, 0.15) is 5.76 Å². The minimum atomic E-state index is -5.77. The summed E-state index contributed by atoms with van der Waals surface area (Å²) in [6, 6.07) is 9.24. The number of benzene rings is 1. The molecule has 1 aromatic carbocycles. The molecule has 0 amide bonds. The van der Waals surface area contributed by atoms with Gasteiger partial charge in [0.2, 0.25) is 0 Å². The molecule has 9 heteroatoms. The second-order valence-corrected chi connectivity index (χ2v) is 15.9. The van der Waals surface area contributed by atoms with E-state index < -0.39 is 35.5 Å². The van der Waals surface area contributed by atoms with Crippen molar-refractivity contribution in [3.05, 3.63) is 47.7 Å². The van der Waals surface area contributed by atoms with Gasteiger partial charge in [-0.25, -0.2) is 0 Å². The fourth-order valence-corrected chi connectivity index (χ4v) is 5.35. The van der Waals surface area contributed by atoms with Crippen molar-refractivity contribution in [1.29, 1.82) is 0 Å². The summed E-state index contributed by atoms with van der Waals surface area (Å²) in [6.07, 6.45) is 2.24. The Kier molecular flexibility index (Phi) is 6.91. The molecule has 0 N–H and O–H groups in total. The summed E-state index contributed by atoms with van der Waals surface area (Å²) in [6.45, 7) is 12.1. The third-order valence-corrected chi connectivity index (χ3v) is 11.6. The van der Waals surface area contributed by atoms with Gasteiger partial charge in [-0.15, -0.1) is 0 Å². The Bertz CT molecular complexity index is 874. The SMILES string of the molecule is CC(C)(C)[Si](C)(C)O[C@@H]1CCC=C(OS(=O)(=O)C(F)(F)F)[C@@]1(C)Cc1ccccc1. The number of rotatable bonds is 6. The quantitative estimate of drug-likeness (QED) is 0.287. The highest BCUT2D eigenvalue weighted by Gasteiger charge is 2.53. The highest BCUT2D eigenvalue weighted by atomic mass is 32.2. The molecule has 0 fully saturated rings. The number of hydrogen-bond donors (Lipinski definition) is 0. The van der Waals surface area contributed by atoms with Gasteiger partial charge in [0.25, 0.3) is 0 Å². The van der Waals surface area contributed by atoms with E-state index in [9.17, 15) is 21.6 Å². The molecule has 0 spiro atoms. The van der Waals surface area contributed by atoms with Gasteiger partial charge < -0.3 is 8.61 Å². The van der Waals surface area contributed by atoms with Crippen LogP contribution in [0, 0.1) is 5.41 Å². The molecule has 4 nitrogen and oxygen atoms in total. The zero-order chi connectivity index (χ0) is 23.0. The van der Waals surface area contributed by atoms with Gasteiger partial charge in [-0.2, -0.15) is 21.6 Å². The molecular weight excluding hydrogens is 433 g/mol. The molecule has 0 unspecified atom stereocenters. The topological polar surface area (TPSA) is 52.6 Å². The van der Waals surface area contributed by atoms with Crippen LogP contribution in [0.5, 0.6) is 0 Å². The first-order valence-electron chi connectivity index (χ1n) is 9.93. The number of hydrogen-bond acceptors (Lipinski definition) is 4. The molecule has 1 aromatic rings. The van der Waals surface area contributed by atoms with Crippen molar-refractivity contribution in [2.45, 2.75) is 76.7 Å². The van der Waals surface area contributed by atoms with Gasteiger partial charge in [-0.1, -0.05) is 51.1 Å². The first-order valence-corrected chi connectivity index (χ1v) is 14.2. The molecule has 170 valence electrons. The fraction of sp³-hybridized carbons (Fsp3) is 0.619. The van der Waals surface area contributed by atoms with Crippen molar-refractivity contribution >= 4 is 18.4 Å². The van der Waals surface area contributed by atoms with Crippen LogP contribution in [0.3, 0.4) is 0 Å². The van der Waals surface area contributed by atoms with Crippen molar-refractivity contribution < 1.29 is 30.2 Å². The molecule has 1 aliphatic rings. The molecule has 0 radical (unpaired) electrons. The number of halogens is 3. The molecule has 2 atom stereocenters. The number of allylic oxidation sites excluding steroid dienone is 1. The Hall–Kier alpha value is -1.32. The van der Waals surface area contributed by atoms with Gasteiger partial charge in [-0.05, 0) is 56.0 Å². The van der Waals surface area contributed by atoms with E-state index in [0.717, 1.165) is 5.56 Å². The van der Waals surface area contributed by atoms with Gasteiger partial charge >= 0.3 is 15.6 Å². The summed E-state index contributed by atoms with van der Waals surface area (Å²) in [7, 11) is -8.05. The lowest BCUT2D eigenvalue weighted by molar-refractivity contribution is -0.0554. The molecule has 0 saturated heterocycles. The van der Waals surface area contributed by atoms with Gasteiger partial charge in [0, 0.05) is 0 Å². The first kappa shape index (κ1) is 24.9. The Morgan fingerprint density at radius 2 is 1.70 bits per heavy atom. The molecule has 30 heavy (non-hydrogen) atoms. The predicted molar refractivity (Wildman–Crippen MR) is 114 cm³/mol. The Labute approximate surface area is 178 Å². The average molecular weight is 465 g/mol. The Balaban J connectivity index is 2.49. The van der Waals surface area contributed by atoms with Crippen molar-refractivity contribution in [2.75, 3.05) is 0 Å². The summed E-state index contributed by atoms with van der Waals surface area (Å²) in [5.41, 5.74) is -5.69. The van der Waals surface area contributed by atoms with Crippen LogP contribution in [-0.2, 0) is 25.1 Å². The van der Waals surface area contributed by atoms with Crippen LogP contribution in [0.1, 0.15) is 46.1 Å². The van der Waals surface area contributed by atoms with E-state index in [-0.39, 0.29) is 10.8 Å². The van der Waals surface area contributed by atoms with Gasteiger partial charge in [0.05, 0.1) is 11.5 Å². The van der Waals surface area contributed by atoms with Crippen LogP contribution in [-0.4, -0.2) is 28.3 Å². The Morgan fingerprint density at radius 3 is 2.20 bits per heavy atom. The van der Waals surface area contributed by atoms with Crippen LogP contribution >= 0.6 is 0 Å². The predicted octanol–water partition coefficient (Wildman–Crippen LogP) is 6.17. The normalized spacial score (nSPS) is 23.8. The third-order valence-electron chi connectivity index (χ3n) is 6.17. The lowest BCUT2D eigenvalue weighted by Crippen LogP contribution is -2.51. The summed E-state index contributed by atoms with van der Waals surface area (Å²) >= 11 is 0. The van der Waals surface area contributed by atoms with Crippen LogP contribution in [0.2, 0.25) is 18.1 Å². The minimum Gasteiger partial charge on any atom is -0.413 e. The second kappa shape index (κ2) is 8.31. The minimum absolute atomic E-state index is 0.110. The molecule has 1 aliphatic carbocycles. The molecule has 0 aliphatic heterocycles. The molecule has 0 bridgehead atoms. The largest absolute Gasteiger partial charge is 0.534 e. The average Bonchev–Trinajstić information content (AvgIpc) is 2.57. The van der Waals surface area contributed by atoms with Gasteiger partial charge in [-0.3, -0.25) is 0 Å². The lowest BCUT2D eigenvalue weighted by atomic mass is 9.72. The van der Waals surface area contributed by atoms with E-state index in [1.54, 1.807) is 6.92 Å². The van der Waals surface area contributed by atoms with Crippen molar-refractivity contribution in [1.82, 2.24) is 0 Å². The van der Waals surface area contributed by atoms with E-state index in [4.69, 9.17) is 8.61 Å². The standard InChI is InChI=1S/C21H31F3O4SSi/c1-19(2,3)30(5,6)28-18-14-10-13-17(27-29(25,26)21(22,23)24)20(18,4)15-16-11-8-7-9-12-16/h7-9,11-13,18H,10,14-15H2,1-6H3/t18-,20-/m1/s1. The summed E-state index contributed by atoms with van der Waals surface area (Å²) in [5.74, 6) is -0.196. The van der Waals surface area contributed by atoms with Crippen LogP contribution < -0.4 is 0 Å². The van der Waals surface area contributed by atoms with E-state index in [2.05, 4.69) is 33.9 Å². The van der Waals surface area contributed by atoms with Crippen LogP contribution in [0.25, 0.3) is 0 Å². The maximum absolute atomic E-state index is 13.0. The van der Waals surface area contributed by atoms with E-state index in [1.165, 1.54) is 6.08 Å². The second-order valence-electron chi connectivity index (χ2n) is 9.58.